The van der Waals surface area contributed by atoms with Crippen LogP contribution in [0.15, 0.2) is 24.4 Å². The number of pyridine rings is 1. The zero-order chi connectivity index (χ0) is 19.4. The summed E-state index contributed by atoms with van der Waals surface area (Å²) in [6.07, 6.45) is 3.92. The lowest BCUT2D eigenvalue weighted by molar-refractivity contribution is -0.139. The van der Waals surface area contributed by atoms with Crippen LogP contribution in [0, 0.1) is 12.8 Å². The SMILES string of the molecule is CCCN(CCC)c1c(OCC(=O)N2CC(C)C2)c(C)cc2cccnc12. The Bertz CT molecular complexity index is 793. The fraction of sp³-hybridized carbons (Fsp3) is 0.545. The molecule has 2 heterocycles. The highest BCUT2D eigenvalue weighted by atomic mass is 16.5. The first kappa shape index (κ1) is 19.5. The van der Waals surface area contributed by atoms with Crippen molar-refractivity contribution in [3.63, 3.8) is 0 Å². The third-order valence-corrected chi connectivity index (χ3v) is 5.07. The molecule has 1 aromatic heterocycles. The fourth-order valence-corrected chi connectivity index (χ4v) is 3.80. The molecule has 1 aromatic carbocycles. The summed E-state index contributed by atoms with van der Waals surface area (Å²) in [6, 6.07) is 6.16. The van der Waals surface area contributed by atoms with Crippen molar-refractivity contribution in [2.45, 2.75) is 40.5 Å². The topological polar surface area (TPSA) is 45.7 Å². The minimum Gasteiger partial charge on any atom is -0.481 e. The second kappa shape index (κ2) is 8.59. The van der Waals surface area contributed by atoms with E-state index in [1.807, 2.05) is 17.2 Å². The van der Waals surface area contributed by atoms with Crippen LogP contribution in [0.4, 0.5) is 5.69 Å². The number of amides is 1. The van der Waals surface area contributed by atoms with Gasteiger partial charge in [0.2, 0.25) is 0 Å². The summed E-state index contributed by atoms with van der Waals surface area (Å²) < 4.78 is 6.13. The second-order valence-corrected chi connectivity index (χ2v) is 7.63. The van der Waals surface area contributed by atoms with Gasteiger partial charge in [-0.2, -0.15) is 0 Å². The summed E-state index contributed by atoms with van der Waals surface area (Å²) in [4.78, 5) is 21.3. The van der Waals surface area contributed by atoms with Crippen LogP contribution in [0.2, 0.25) is 0 Å². The van der Waals surface area contributed by atoms with Crippen LogP contribution in [0.25, 0.3) is 10.9 Å². The molecule has 0 N–H and O–H groups in total. The summed E-state index contributed by atoms with van der Waals surface area (Å²) in [5.74, 6) is 1.46. The van der Waals surface area contributed by atoms with Crippen molar-refractivity contribution in [3.8, 4) is 5.75 Å². The molecule has 0 spiro atoms. The van der Waals surface area contributed by atoms with Crippen LogP contribution < -0.4 is 9.64 Å². The van der Waals surface area contributed by atoms with Gasteiger partial charge in [-0.1, -0.05) is 26.8 Å². The minimum absolute atomic E-state index is 0.0668. The van der Waals surface area contributed by atoms with E-state index in [0.29, 0.717) is 5.92 Å². The number of carbonyl (C=O) groups excluding carboxylic acids is 1. The highest BCUT2D eigenvalue weighted by molar-refractivity contribution is 5.95. The molecule has 5 nitrogen and oxygen atoms in total. The van der Waals surface area contributed by atoms with E-state index in [2.05, 4.69) is 49.7 Å². The highest BCUT2D eigenvalue weighted by Crippen LogP contribution is 2.39. The first-order valence-electron chi connectivity index (χ1n) is 10.1. The molecule has 0 saturated carbocycles. The van der Waals surface area contributed by atoms with E-state index in [9.17, 15) is 4.79 Å². The van der Waals surface area contributed by atoms with Crippen LogP contribution in [-0.2, 0) is 4.79 Å². The van der Waals surface area contributed by atoms with Gasteiger partial charge in [0.25, 0.3) is 5.91 Å². The molecule has 3 rings (SSSR count). The Kier molecular flexibility index (Phi) is 6.19. The molecule has 0 unspecified atom stereocenters. The molecule has 1 amide bonds. The number of anilines is 1. The average Bonchev–Trinajstić information content (AvgIpc) is 2.63. The molecule has 0 aliphatic carbocycles. The number of likely N-dealkylation sites (tertiary alicyclic amines) is 1. The Morgan fingerprint density at radius 3 is 2.63 bits per heavy atom. The lowest BCUT2D eigenvalue weighted by Crippen LogP contribution is -2.50. The molecule has 1 fully saturated rings. The zero-order valence-electron chi connectivity index (χ0n) is 17.0. The van der Waals surface area contributed by atoms with Gasteiger partial charge in [-0.3, -0.25) is 9.78 Å². The number of hydrogen-bond acceptors (Lipinski definition) is 4. The monoisotopic (exact) mass is 369 g/mol. The van der Waals surface area contributed by atoms with E-state index in [-0.39, 0.29) is 12.5 Å². The Balaban J connectivity index is 1.95. The van der Waals surface area contributed by atoms with E-state index in [1.165, 1.54) is 0 Å². The number of rotatable bonds is 8. The molecule has 0 atom stereocenters. The molecule has 1 saturated heterocycles. The van der Waals surface area contributed by atoms with Crippen molar-refractivity contribution in [1.82, 2.24) is 9.88 Å². The third kappa shape index (κ3) is 4.18. The Morgan fingerprint density at radius 1 is 1.30 bits per heavy atom. The summed E-state index contributed by atoms with van der Waals surface area (Å²) in [5.41, 5.74) is 3.02. The average molecular weight is 370 g/mol. The smallest absolute Gasteiger partial charge is 0.260 e. The predicted molar refractivity (Wildman–Crippen MR) is 111 cm³/mol. The molecule has 0 radical (unpaired) electrons. The number of fused-ring (bicyclic) bond motifs is 1. The summed E-state index contributed by atoms with van der Waals surface area (Å²) >= 11 is 0. The molecule has 1 aliphatic heterocycles. The fourth-order valence-electron chi connectivity index (χ4n) is 3.80. The molecular formula is C22H31N3O2. The second-order valence-electron chi connectivity index (χ2n) is 7.63. The van der Waals surface area contributed by atoms with Crippen molar-refractivity contribution in [1.29, 1.82) is 0 Å². The Morgan fingerprint density at radius 2 is 2.00 bits per heavy atom. The maximum absolute atomic E-state index is 12.4. The quantitative estimate of drug-likeness (QED) is 0.705. The van der Waals surface area contributed by atoms with Gasteiger partial charge in [0.1, 0.15) is 11.4 Å². The number of hydrogen-bond donors (Lipinski definition) is 0. The number of benzene rings is 1. The molecular weight excluding hydrogens is 338 g/mol. The van der Waals surface area contributed by atoms with Gasteiger partial charge >= 0.3 is 0 Å². The highest BCUT2D eigenvalue weighted by Gasteiger charge is 2.28. The largest absolute Gasteiger partial charge is 0.481 e. The molecule has 146 valence electrons. The lowest BCUT2D eigenvalue weighted by Gasteiger charge is -2.37. The van der Waals surface area contributed by atoms with Crippen molar-refractivity contribution >= 4 is 22.5 Å². The zero-order valence-corrected chi connectivity index (χ0v) is 17.0. The van der Waals surface area contributed by atoms with E-state index in [4.69, 9.17) is 4.74 Å². The predicted octanol–water partition coefficient (Wildman–Crippen LogP) is 4.03. The maximum atomic E-state index is 12.4. The van der Waals surface area contributed by atoms with E-state index in [0.717, 1.165) is 66.9 Å². The summed E-state index contributed by atoms with van der Waals surface area (Å²) in [6.45, 7) is 12.2. The van der Waals surface area contributed by atoms with Gasteiger partial charge < -0.3 is 14.5 Å². The van der Waals surface area contributed by atoms with Crippen LogP contribution >= 0.6 is 0 Å². The van der Waals surface area contributed by atoms with E-state index < -0.39 is 0 Å². The summed E-state index contributed by atoms with van der Waals surface area (Å²) in [5, 5.41) is 1.11. The molecule has 0 bridgehead atoms. The van der Waals surface area contributed by atoms with Crippen LogP contribution in [-0.4, -0.2) is 48.6 Å². The van der Waals surface area contributed by atoms with Crippen LogP contribution in [0.5, 0.6) is 5.75 Å². The first-order chi connectivity index (χ1) is 13.0. The number of aromatic nitrogens is 1. The molecule has 1 aliphatic rings. The summed E-state index contributed by atoms with van der Waals surface area (Å²) in [7, 11) is 0. The van der Waals surface area contributed by atoms with E-state index in [1.54, 1.807) is 0 Å². The van der Waals surface area contributed by atoms with Crippen molar-refractivity contribution in [2.24, 2.45) is 5.92 Å². The van der Waals surface area contributed by atoms with Gasteiger partial charge in [-0.25, -0.2) is 0 Å². The third-order valence-electron chi connectivity index (χ3n) is 5.07. The molecule has 2 aromatic rings. The molecule has 27 heavy (non-hydrogen) atoms. The number of ether oxygens (including phenoxy) is 1. The lowest BCUT2D eigenvalue weighted by atomic mass is 10.0. The Labute approximate surface area is 162 Å². The van der Waals surface area contributed by atoms with Crippen LogP contribution in [0.3, 0.4) is 0 Å². The van der Waals surface area contributed by atoms with Gasteiger partial charge in [0, 0.05) is 37.8 Å². The van der Waals surface area contributed by atoms with Gasteiger partial charge in [0.05, 0.1) is 5.52 Å². The number of aryl methyl sites for hydroxylation is 1. The van der Waals surface area contributed by atoms with Crippen LogP contribution in [0.1, 0.15) is 39.2 Å². The van der Waals surface area contributed by atoms with Gasteiger partial charge in [0.15, 0.2) is 6.61 Å². The van der Waals surface area contributed by atoms with Crippen molar-refractivity contribution in [2.75, 3.05) is 37.7 Å². The van der Waals surface area contributed by atoms with E-state index >= 15 is 0 Å². The normalized spacial score (nSPS) is 14.3. The maximum Gasteiger partial charge on any atom is 0.260 e. The van der Waals surface area contributed by atoms with Gasteiger partial charge in [-0.15, -0.1) is 0 Å². The van der Waals surface area contributed by atoms with Crippen molar-refractivity contribution < 1.29 is 9.53 Å². The standard InChI is InChI=1S/C22H31N3O2/c1-5-10-24(11-6-2)21-20-18(8-7-9-23-20)12-17(4)22(21)27-15-19(26)25-13-16(3)14-25/h7-9,12,16H,5-6,10-11,13-15H2,1-4H3. The first-order valence-corrected chi connectivity index (χ1v) is 10.1. The number of carbonyl (C=O) groups is 1. The van der Waals surface area contributed by atoms with Gasteiger partial charge in [-0.05, 0) is 43.4 Å². The Hall–Kier alpha value is -2.30. The number of nitrogens with zero attached hydrogens (tertiary/aromatic N) is 3. The minimum atomic E-state index is 0.0668. The molecule has 5 heteroatoms. The van der Waals surface area contributed by atoms with Crippen molar-refractivity contribution in [3.05, 3.63) is 30.0 Å².